The lowest BCUT2D eigenvalue weighted by Gasteiger charge is -2.32. The summed E-state index contributed by atoms with van der Waals surface area (Å²) in [7, 11) is -0.427. The maximum absolute atomic E-state index is 6.70. The smallest absolute Gasteiger partial charge is 0.399 e. The molecule has 1 aliphatic rings. The molecule has 9 rings (SSSR count). The molecule has 8 aromatic rings. The Kier molecular flexibility index (Phi) is 13.1. The lowest BCUT2D eigenvalue weighted by Crippen LogP contribution is -2.41. The molecule has 6 aromatic carbocycles. The molecule has 1 fully saturated rings. The van der Waals surface area contributed by atoms with Gasteiger partial charge in [-0.2, -0.15) is 0 Å². The lowest BCUT2D eigenvalue weighted by atomic mass is 9.79. The number of alkyl halides is 2. The summed E-state index contributed by atoms with van der Waals surface area (Å²) >= 11 is 21.0. The third kappa shape index (κ3) is 7.73. The van der Waals surface area contributed by atoms with Gasteiger partial charge in [0.05, 0.1) is 54.7 Å². The predicted octanol–water partition coefficient (Wildman–Crippen LogP) is 14.0. The zero-order valence-electron chi connectivity index (χ0n) is 30.9. The van der Waals surface area contributed by atoms with E-state index in [2.05, 4.69) is 207 Å². The molecule has 4 nitrogen and oxygen atoms in total. The van der Waals surface area contributed by atoms with Crippen molar-refractivity contribution in [2.45, 2.75) is 38.9 Å². The van der Waals surface area contributed by atoms with Gasteiger partial charge in [0.1, 0.15) is 0 Å². The van der Waals surface area contributed by atoms with E-state index in [1.165, 1.54) is 32.6 Å². The molecule has 0 bridgehead atoms. The van der Waals surface area contributed by atoms with E-state index in [1.807, 2.05) is 34.1 Å². The molecule has 2 aromatic heterocycles. The number of nitrogens with zero attached hydrogens (tertiary/aromatic N) is 2. The van der Waals surface area contributed by atoms with Crippen LogP contribution in [0.4, 0.5) is 0 Å². The highest BCUT2D eigenvalue weighted by Crippen LogP contribution is 2.39. The third-order valence-electron chi connectivity index (χ3n) is 10.0. The molecule has 0 N–H and O–H groups in total. The van der Waals surface area contributed by atoms with Gasteiger partial charge in [-0.25, -0.2) is 0 Å². The molecule has 3 heterocycles. The van der Waals surface area contributed by atoms with Crippen LogP contribution in [0.3, 0.4) is 0 Å². The van der Waals surface area contributed by atoms with Gasteiger partial charge in [0, 0.05) is 26.0 Å². The third-order valence-corrected chi connectivity index (χ3v) is 11.2. The topological polar surface area (TPSA) is 28.3 Å². The molecule has 276 valence electrons. The van der Waals surface area contributed by atoms with Crippen molar-refractivity contribution in [3.8, 4) is 11.4 Å². The molecule has 0 spiro atoms. The molecule has 1 aliphatic heterocycles. The summed E-state index contributed by atoms with van der Waals surface area (Å²) in [5.74, 6) is 0. The molecular formula is C44H40BBrCl2I2N2O2. The van der Waals surface area contributed by atoms with Gasteiger partial charge in [0.25, 0.3) is 0 Å². The average Bonchev–Trinajstić information content (AvgIpc) is 3.78. The fraction of sp³-hybridized carbons (Fsp3) is 0.182. The van der Waals surface area contributed by atoms with Crippen LogP contribution in [-0.2, 0) is 9.31 Å². The highest BCUT2D eigenvalue weighted by molar-refractivity contribution is 14.1. The molecule has 0 aliphatic carbocycles. The van der Waals surface area contributed by atoms with Crippen LogP contribution in [0.2, 0.25) is 10.0 Å². The van der Waals surface area contributed by atoms with Crippen LogP contribution < -0.4 is 5.46 Å². The minimum Gasteiger partial charge on any atom is -0.399 e. The molecule has 0 radical (unpaired) electrons. The van der Waals surface area contributed by atoms with Crippen LogP contribution in [0.5, 0.6) is 0 Å². The Morgan fingerprint density at radius 1 is 0.500 bits per heavy atom. The second kappa shape index (κ2) is 17.3. The number of hydrogen-bond acceptors (Lipinski definition) is 2. The second-order valence-corrected chi connectivity index (χ2v) is 15.4. The number of fused-ring (bicyclic) bond motifs is 6. The number of benzene rings is 6. The fourth-order valence-corrected chi connectivity index (χ4v) is 7.60. The standard InChI is InChI=1S/C24H23BClNO2.C18H11BrClN.2CH3I/c1-23(2)24(3,4)29-25(28-23)16-13-14-19(26)22(15-16)27-20-11-7-5-9-17(20)18-10-6-8-12-21(18)27;19-12-9-10-15(20)18(11-12)21-16-7-3-1-5-13(16)14-6-2-4-8-17(14)21;2*1-2/h5-15H,1-4H3;1-11H;2*1H3. The summed E-state index contributed by atoms with van der Waals surface area (Å²) in [5.41, 5.74) is 6.69. The highest BCUT2D eigenvalue weighted by Gasteiger charge is 2.51. The van der Waals surface area contributed by atoms with Gasteiger partial charge in [-0.05, 0) is 97.6 Å². The highest BCUT2D eigenvalue weighted by atomic mass is 127. The van der Waals surface area contributed by atoms with E-state index in [4.69, 9.17) is 32.5 Å². The van der Waals surface area contributed by atoms with Crippen molar-refractivity contribution in [1.29, 1.82) is 0 Å². The summed E-state index contributed by atoms with van der Waals surface area (Å²) in [6.45, 7) is 8.27. The van der Waals surface area contributed by atoms with Crippen molar-refractivity contribution in [1.82, 2.24) is 9.13 Å². The molecule has 0 unspecified atom stereocenters. The Morgan fingerprint density at radius 3 is 1.22 bits per heavy atom. The van der Waals surface area contributed by atoms with Gasteiger partial charge in [0.2, 0.25) is 0 Å². The van der Waals surface area contributed by atoms with Crippen LogP contribution >= 0.6 is 84.3 Å². The Bertz CT molecular complexity index is 2460. The molecule has 0 amide bonds. The normalized spacial score (nSPS) is 14.3. The fourth-order valence-electron chi connectivity index (χ4n) is 6.85. The summed E-state index contributed by atoms with van der Waals surface area (Å²) < 4.78 is 18.0. The quantitative estimate of drug-likeness (QED) is 0.100. The predicted molar refractivity (Wildman–Crippen MR) is 255 cm³/mol. The SMILES string of the molecule is CC1(C)OB(c2ccc(Cl)c(-n3c4ccccc4c4ccccc43)c2)OC1(C)C.CI.CI.Clc1ccc(Br)cc1-n1c2ccccc2c2ccccc21. The first-order valence-electron chi connectivity index (χ1n) is 17.4. The summed E-state index contributed by atoms with van der Waals surface area (Å²) in [6.07, 6.45) is 0. The van der Waals surface area contributed by atoms with Crippen LogP contribution in [0.1, 0.15) is 27.7 Å². The van der Waals surface area contributed by atoms with Crippen LogP contribution in [-0.4, -0.2) is 37.3 Å². The van der Waals surface area contributed by atoms with Crippen LogP contribution in [0.15, 0.2) is 138 Å². The Balaban J connectivity index is 0.000000176. The van der Waals surface area contributed by atoms with E-state index in [0.29, 0.717) is 5.02 Å². The maximum atomic E-state index is 6.70. The molecule has 10 heteroatoms. The van der Waals surface area contributed by atoms with Crippen LogP contribution in [0, 0.1) is 0 Å². The van der Waals surface area contributed by atoms with Gasteiger partial charge < -0.3 is 18.4 Å². The van der Waals surface area contributed by atoms with E-state index >= 15 is 0 Å². The number of para-hydroxylation sites is 4. The first-order valence-corrected chi connectivity index (χ1v) is 23.2. The maximum Gasteiger partial charge on any atom is 0.494 e. The molecule has 0 saturated carbocycles. The summed E-state index contributed by atoms with van der Waals surface area (Å²) in [5, 5.41) is 6.33. The van der Waals surface area contributed by atoms with Gasteiger partial charge >= 0.3 is 7.12 Å². The Hall–Kier alpha value is -2.58. The minimum atomic E-state index is -0.427. The molecule has 54 heavy (non-hydrogen) atoms. The van der Waals surface area contributed by atoms with Gasteiger partial charge in [-0.3, -0.25) is 0 Å². The summed E-state index contributed by atoms with van der Waals surface area (Å²) in [6, 6.07) is 45.6. The first-order chi connectivity index (χ1) is 26.0. The van der Waals surface area contributed by atoms with Crippen molar-refractivity contribution in [2.24, 2.45) is 0 Å². The van der Waals surface area contributed by atoms with E-state index in [0.717, 1.165) is 37.4 Å². The van der Waals surface area contributed by atoms with Crippen molar-refractivity contribution in [2.75, 3.05) is 9.86 Å². The number of aromatic nitrogens is 2. The number of halogens is 5. The number of hydrogen-bond donors (Lipinski definition) is 0. The monoisotopic (exact) mass is 1040 g/mol. The van der Waals surface area contributed by atoms with E-state index in [-0.39, 0.29) is 11.2 Å². The van der Waals surface area contributed by atoms with Crippen LogP contribution in [0.25, 0.3) is 55.0 Å². The first kappa shape index (κ1) is 41.1. The van der Waals surface area contributed by atoms with E-state index < -0.39 is 7.12 Å². The zero-order chi connectivity index (χ0) is 38.8. The number of rotatable bonds is 3. The molecular weight excluding hydrogens is 1000 g/mol. The lowest BCUT2D eigenvalue weighted by molar-refractivity contribution is 0.00578. The van der Waals surface area contributed by atoms with Crippen molar-refractivity contribution in [3.05, 3.63) is 148 Å². The van der Waals surface area contributed by atoms with Crippen molar-refractivity contribution < 1.29 is 9.31 Å². The average molecular weight is 1040 g/mol. The minimum absolute atomic E-state index is 0.385. The van der Waals surface area contributed by atoms with E-state index in [9.17, 15) is 0 Å². The van der Waals surface area contributed by atoms with E-state index in [1.54, 1.807) is 0 Å². The molecule has 1 saturated heterocycles. The van der Waals surface area contributed by atoms with Crippen molar-refractivity contribution >= 4 is 141 Å². The van der Waals surface area contributed by atoms with Gasteiger partial charge in [0.15, 0.2) is 0 Å². The second-order valence-electron chi connectivity index (χ2n) is 13.6. The summed E-state index contributed by atoms with van der Waals surface area (Å²) in [4.78, 5) is 3.94. The van der Waals surface area contributed by atoms with Gasteiger partial charge in [-0.15, -0.1) is 0 Å². The Labute approximate surface area is 363 Å². The van der Waals surface area contributed by atoms with Gasteiger partial charge in [-0.1, -0.05) is 163 Å². The zero-order valence-corrected chi connectivity index (χ0v) is 38.3. The Morgan fingerprint density at radius 2 is 0.833 bits per heavy atom. The van der Waals surface area contributed by atoms with Crippen molar-refractivity contribution in [3.63, 3.8) is 0 Å². The largest absolute Gasteiger partial charge is 0.494 e. The molecule has 0 atom stereocenters.